The van der Waals surface area contributed by atoms with Gasteiger partial charge in [0.25, 0.3) is 0 Å². The molecule has 0 fully saturated rings. The van der Waals surface area contributed by atoms with Crippen LogP contribution in [-0.2, 0) is 15.9 Å². The molecule has 0 radical (unpaired) electrons. The summed E-state index contributed by atoms with van der Waals surface area (Å²) < 4.78 is 19.0. The molecule has 0 aliphatic carbocycles. The molecule has 1 aliphatic rings. The summed E-state index contributed by atoms with van der Waals surface area (Å²) in [6, 6.07) is 4.88. The maximum Gasteiger partial charge on any atom is 0.123 e. The van der Waals surface area contributed by atoms with E-state index in [2.05, 4.69) is 0 Å². The fraction of sp³-hybridized carbons (Fsp3) is 0.500. The molecule has 0 unspecified atom stereocenters. The fourth-order valence-corrected chi connectivity index (χ4v) is 2.29. The summed E-state index contributed by atoms with van der Waals surface area (Å²) >= 11 is 0. The van der Waals surface area contributed by atoms with Crippen molar-refractivity contribution >= 4 is 0 Å². The maximum atomic E-state index is 13.1. The van der Waals surface area contributed by atoms with E-state index in [0.717, 1.165) is 11.1 Å². The van der Waals surface area contributed by atoms with E-state index in [1.807, 2.05) is 33.8 Å². The van der Waals surface area contributed by atoms with E-state index in [9.17, 15) is 4.39 Å². The van der Waals surface area contributed by atoms with Crippen LogP contribution in [0.25, 0.3) is 0 Å². The zero-order valence-electron chi connectivity index (χ0n) is 9.02. The Bertz CT molecular complexity index is 380. The normalized spacial score (nSPS) is 22.1. The first-order chi connectivity index (χ1) is 6.33. The maximum absolute atomic E-state index is 13.1. The number of hydrogen-bond acceptors (Lipinski definition) is 1. The minimum absolute atomic E-state index is 0.196. The number of fused-ring (bicyclic) bond motifs is 1. The Balaban J connectivity index is 2.66. The van der Waals surface area contributed by atoms with Gasteiger partial charge in [-0.3, -0.25) is 0 Å². The van der Waals surface area contributed by atoms with E-state index in [0.29, 0.717) is 0 Å². The van der Waals surface area contributed by atoms with Crippen LogP contribution in [0.15, 0.2) is 18.2 Å². The molecule has 0 saturated carbocycles. The van der Waals surface area contributed by atoms with E-state index in [-0.39, 0.29) is 17.0 Å². The minimum Gasteiger partial charge on any atom is -0.360 e. The highest BCUT2D eigenvalue weighted by Gasteiger charge is 2.42. The quantitative estimate of drug-likeness (QED) is 0.615. The van der Waals surface area contributed by atoms with Crippen LogP contribution in [0.5, 0.6) is 0 Å². The van der Waals surface area contributed by atoms with Gasteiger partial charge in [-0.2, -0.15) is 0 Å². The molecule has 2 heteroatoms. The molecule has 0 amide bonds. The predicted molar refractivity (Wildman–Crippen MR) is 53.5 cm³/mol. The Morgan fingerprint density at radius 1 is 1.00 bits per heavy atom. The summed E-state index contributed by atoms with van der Waals surface area (Å²) in [5, 5.41) is 0. The number of rotatable bonds is 0. The molecule has 14 heavy (non-hydrogen) atoms. The van der Waals surface area contributed by atoms with E-state index in [4.69, 9.17) is 4.74 Å². The predicted octanol–water partition coefficient (Wildman–Crippen LogP) is 3.33. The lowest BCUT2D eigenvalue weighted by atomic mass is 9.91. The third-order valence-electron chi connectivity index (χ3n) is 2.79. The fourth-order valence-electron chi connectivity index (χ4n) is 2.29. The van der Waals surface area contributed by atoms with Gasteiger partial charge in [0.2, 0.25) is 0 Å². The lowest BCUT2D eigenvalue weighted by Crippen LogP contribution is -2.22. The van der Waals surface area contributed by atoms with Crippen LogP contribution >= 0.6 is 0 Å². The second-order valence-electron chi connectivity index (χ2n) is 4.81. The van der Waals surface area contributed by atoms with Gasteiger partial charge in [-0.15, -0.1) is 0 Å². The van der Waals surface area contributed by atoms with Gasteiger partial charge in [0.05, 0.1) is 11.2 Å². The molecule has 1 heterocycles. The van der Waals surface area contributed by atoms with Crippen molar-refractivity contribution < 1.29 is 9.13 Å². The smallest absolute Gasteiger partial charge is 0.123 e. The summed E-state index contributed by atoms with van der Waals surface area (Å²) in [7, 11) is 0. The Morgan fingerprint density at radius 3 is 2.21 bits per heavy atom. The molecule has 0 saturated heterocycles. The van der Waals surface area contributed by atoms with Gasteiger partial charge in [0, 0.05) is 0 Å². The molecule has 76 valence electrons. The van der Waals surface area contributed by atoms with E-state index in [1.54, 1.807) is 6.07 Å². The molecule has 0 aromatic heterocycles. The van der Waals surface area contributed by atoms with Crippen molar-refractivity contribution in [3.05, 3.63) is 35.1 Å². The lowest BCUT2D eigenvalue weighted by molar-refractivity contribution is -0.105. The Labute approximate surface area is 83.9 Å². The van der Waals surface area contributed by atoms with Crippen molar-refractivity contribution in [3.8, 4) is 0 Å². The Morgan fingerprint density at radius 2 is 1.57 bits per heavy atom. The SMILES string of the molecule is CC1(C)OC(C)(C)c2cc(F)ccc21. The van der Waals surface area contributed by atoms with Crippen LogP contribution in [0.2, 0.25) is 0 Å². The summed E-state index contributed by atoms with van der Waals surface area (Å²) in [6.07, 6.45) is 0. The van der Waals surface area contributed by atoms with Crippen molar-refractivity contribution in [3.63, 3.8) is 0 Å². The van der Waals surface area contributed by atoms with Gasteiger partial charge in [-0.1, -0.05) is 6.07 Å². The van der Waals surface area contributed by atoms with Crippen molar-refractivity contribution in [1.29, 1.82) is 0 Å². The molecule has 0 spiro atoms. The number of hydrogen-bond donors (Lipinski definition) is 0. The first kappa shape index (κ1) is 9.66. The molecule has 0 atom stereocenters. The molecule has 1 aromatic carbocycles. The van der Waals surface area contributed by atoms with Gasteiger partial charge in [0.1, 0.15) is 5.82 Å². The molecule has 1 aromatic rings. The van der Waals surface area contributed by atoms with Crippen molar-refractivity contribution in [2.45, 2.75) is 38.9 Å². The van der Waals surface area contributed by atoms with Crippen LogP contribution in [0, 0.1) is 5.82 Å². The molecule has 1 nitrogen and oxygen atoms in total. The van der Waals surface area contributed by atoms with Crippen LogP contribution in [0.1, 0.15) is 38.8 Å². The van der Waals surface area contributed by atoms with E-state index >= 15 is 0 Å². The number of ether oxygens (including phenoxy) is 1. The zero-order chi connectivity index (χ0) is 10.6. The molecule has 0 N–H and O–H groups in total. The number of halogens is 1. The third-order valence-corrected chi connectivity index (χ3v) is 2.79. The Kier molecular flexibility index (Phi) is 1.77. The van der Waals surface area contributed by atoms with Crippen molar-refractivity contribution in [2.24, 2.45) is 0 Å². The van der Waals surface area contributed by atoms with Gasteiger partial charge in [0.15, 0.2) is 0 Å². The number of benzene rings is 1. The summed E-state index contributed by atoms with van der Waals surface area (Å²) in [6.45, 7) is 7.97. The average molecular weight is 194 g/mol. The molecule has 1 aliphatic heterocycles. The third kappa shape index (κ3) is 1.25. The summed E-state index contributed by atoms with van der Waals surface area (Å²) in [5.41, 5.74) is 1.35. The second kappa shape index (κ2) is 2.57. The van der Waals surface area contributed by atoms with Gasteiger partial charge >= 0.3 is 0 Å². The standard InChI is InChI=1S/C12H15FO/c1-11(2)9-6-5-8(13)7-10(9)12(3,4)14-11/h5-7H,1-4H3. The molecule has 0 bridgehead atoms. The summed E-state index contributed by atoms with van der Waals surface area (Å²) in [4.78, 5) is 0. The van der Waals surface area contributed by atoms with E-state index in [1.165, 1.54) is 6.07 Å². The monoisotopic (exact) mass is 194 g/mol. The van der Waals surface area contributed by atoms with Crippen molar-refractivity contribution in [2.75, 3.05) is 0 Å². The molecule has 2 rings (SSSR count). The minimum atomic E-state index is -0.388. The first-order valence-corrected chi connectivity index (χ1v) is 4.84. The topological polar surface area (TPSA) is 9.23 Å². The first-order valence-electron chi connectivity index (χ1n) is 4.84. The second-order valence-corrected chi connectivity index (χ2v) is 4.81. The lowest BCUT2D eigenvalue weighted by Gasteiger charge is -2.24. The highest BCUT2D eigenvalue weighted by atomic mass is 19.1. The van der Waals surface area contributed by atoms with Crippen molar-refractivity contribution in [1.82, 2.24) is 0 Å². The Hall–Kier alpha value is -0.890. The van der Waals surface area contributed by atoms with Crippen LogP contribution in [-0.4, -0.2) is 0 Å². The van der Waals surface area contributed by atoms with E-state index < -0.39 is 0 Å². The van der Waals surface area contributed by atoms with Crippen LogP contribution in [0.3, 0.4) is 0 Å². The van der Waals surface area contributed by atoms with Gasteiger partial charge in [-0.05, 0) is 51.0 Å². The van der Waals surface area contributed by atoms with Gasteiger partial charge in [-0.25, -0.2) is 4.39 Å². The average Bonchev–Trinajstić information content (AvgIpc) is 2.17. The zero-order valence-corrected chi connectivity index (χ0v) is 9.02. The molecular weight excluding hydrogens is 179 g/mol. The highest BCUT2D eigenvalue weighted by Crippen LogP contribution is 2.46. The highest BCUT2D eigenvalue weighted by molar-refractivity contribution is 5.39. The summed E-state index contributed by atoms with van der Waals surface area (Å²) in [5.74, 6) is -0.196. The van der Waals surface area contributed by atoms with Crippen LogP contribution < -0.4 is 0 Å². The molecular formula is C12H15FO. The van der Waals surface area contributed by atoms with Gasteiger partial charge < -0.3 is 4.74 Å². The largest absolute Gasteiger partial charge is 0.360 e. The van der Waals surface area contributed by atoms with Crippen LogP contribution in [0.4, 0.5) is 4.39 Å².